The molecule has 0 saturated carbocycles. The van der Waals surface area contributed by atoms with Crippen molar-refractivity contribution in [2.45, 2.75) is 17.9 Å². The van der Waals surface area contributed by atoms with Crippen LogP contribution in [0.1, 0.15) is 12.5 Å². The van der Waals surface area contributed by atoms with Crippen LogP contribution in [-0.4, -0.2) is 49.5 Å². The summed E-state index contributed by atoms with van der Waals surface area (Å²) >= 11 is 1.60. The second kappa shape index (κ2) is 7.70. The van der Waals surface area contributed by atoms with Crippen molar-refractivity contribution in [1.29, 1.82) is 0 Å². The number of benzene rings is 1. The third kappa shape index (κ3) is 4.00. The Balaban J connectivity index is 3.22. The zero-order valence-electron chi connectivity index (χ0n) is 11.8. The molecule has 0 aromatic heterocycles. The van der Waals surface area contributed by atoms with Crippen LogP contribution in [0.25, 0.3) is 0 Å². The van der Waals surface area contributed by atoms with Gasteiger partial charge in [-0.3, -0.25) is 0 Å². The second-order valence-corrected chi connectivity index (χ2v) is 7.16. The highest BCUT2D eigenvalue weighted by atomic mass is 32.2. The van der Waals surface area contributed by atoms with E-state index in [1.165, 1.54) is 4.31 Å². The average molecular weight is 313 g/mol. The fourth-order valence-corrected chi connectivity index (χ4v) is 3.97. The van der Waals surface area contributed by atoms with Gasteiger partial charge in [0.25, 0.3) is 0 Å². The van der Waals surface area contributed by atoms with Gasteiger partial charge in [0, 0.05) is 24.4 Å². The van der Waals surface area contributed by atoms with E-state index in [1.807, 2.05) is 13.2 Å². The van der Waals surface area contributed by atoms with Gasteiger partial charge in [-0.25, -0.2) is 8.42 Å². The lowest BCUT2D eigenvalue weighted by atomic mass is 10.2. The Morgan fingerprint density at radius 2 is 2.05 bits per heavy atom. The van der Waals surface area contributed by atoms with Gasteiger partial charge in [-0.2, -0.15) is 16.1 Å². The summed E-state index contributed by atoms with van der Waals surface area (Å²) in [7, 11) is -2.01. The summed E-state index contributed by atoms with van der Waals surface area (Å²) in [5, 5.41) is 8.75. The molecule has 0 aliphatic heterocycles. The topological polar surface area (TPSA) is 57.6 Å². The van der Waals surface area contributed by atoms with Crippen LogP contribution >= 0.6 is 11.8 Å². The van der Waals surface area contributed by atoms with E-state index in [-0.39, 0.29) is 17.5 Å². The molecule has 0 spiro atoms. The molecule has 0 heterocycles. The smallest absolute Gasteiger partial charge is 0.244 e. The molecule has 0 bridgehead atoms. The summed E-state index contributed by atoms with van der Waals surface area (Å²) in [5.41, 5.74) is 0.407. The van der Waals surface area contributed by atoms with Gasteiger partial charge in [0.1, 0.15) is 6.61 Å². The Kier molecular flexibility index (Phi) is 6.56. The summed E-state index contributed by atoms with van der Waals surface area (Å²) in [6.45, 7) is 1.57. The van der Waals surface area contributed by atoms with Crippen molar-refractivity contribution in [1.82, 2.24) is 4.31 Å². The lowest BCUT2D eigenvalue weighted by Crippen LogP contribution is -2.36. The van der Waals surface area contributed by atoms with Crippen LogP contribution in [0.3, 0.4) is 0 Å². The molecular weight excluding hydrogens is 294 g/mol. The van der Waals surface area contributed by atoms with Crippen molar-refractivity contribution < 1.29 is 13.5 Å². The predicted octanol–water partition coefficient (Wildman–Crippen LogP) is 1.40. The maximum atomic E-state index is 12.6. The maximum Gasteiger partial charge on any atom is 0.244 e. The van der Waals surface area contributed by atoms with Crippen molar-refractivity contribution in [2.75, 3.05) is 25.7 Å². The first-order valence-corrected chi connectivity index (χ1v) is 8.94. The molecule has 110 valence electrons. The minimum Gasteiger partial charge on any atom is -0.384 e. The van der Waals surface area contributed by atoms with E-state index in [1.54, 1.807) is 43.1 Å². The van der Waals surface area contributed by atoms with E-state index in [2.05, 4.69) is 11.8 Å². The molecule has 1 rings (SSSR count). The molecule has 0 radical (unpaired) electrons. The first-order valence-electron chi connectivity index (χ1n) is 6.11. The van der Waals surface area contributed by atoms with Crippen LogP contribution in [0.4, 0.5) is 0 Å². The molecule has 1 unspecified atom stereocenters. The maximum absolute atomic E-state index is 12.6. The van der Waals surface area contributed by atoms with Crippen molar-refractivity contribution in [3.8, 4) is 11.8 Å². The van der Waals surface area contributed by atoms with Crippen LogP contribution < -0.4 is 0 Å². The Labute approximate surface area is 125 Å². The number of aliphatic hydroxyl groups excluding tert-OH is 1. The minimum atomic E-state index is -3.59. The fraction of sp³-hybridized carbons (Fsp3) is 0.429. The molecule has 0 amide bonds. The second-order valence-electron chi connectivity index (χ2n) is 4.28. The Morgan fingerprint density at radius 3 is 2.65 bits per heavy atom. The van der Waals surface area contributed by atoms with Gasteiger partial charge in [-0.05, 0) is 25.3 Å². The highest BCUT2D eigenvalue weighted by molar-refractivity contribution is 7.98. The third-order valence-corrected chi connectivity index (χ3v) is 5.72. The first-order chi connectivity index (χ1) is 9.45. The lowest BCUT2D eigenvalue weighted by Gasteiger charge is -2.24. The number of nitrogens with zero attached hydrogens (tertiary/aromatic N) is 1. The molecule has 1 N–H and O–H groups in total. The van der Waals surface area contributed by atoms with E-state index >= 15 is 0 Å². The Hall–Kier alpha value is -1.00. The van der Waals surface area contributed by atoms with Crippen molar-refractivity contribution >= 4 is 21.8 Å². The number of thioether (sulfide) groups is 1. The Morgan fingerprint density at radius 1 is 1.40 bits per heavy atom. The molecular formula is C14H19NO3S2. The number of aliphatic hydroxyl groups is 1. The van der Waals surface area contributed by atoms with E-state index in [0.717, 1.165) is 5.75 Å². The summed E-state index contributed by atoms with van der Waals surface area (Å²) in [4.78, 5) is 0.177. The largest absolute Gasteiger partial charge is 0.384 e. The van der Waals surface area contributed by atoms with Gasteiger partial charge in [0.05, 0.1) is 4.90 Å². The van der Waals surface area contributed by atoms with Gasteiger partial charge >= 0.3 is 0 Å². The summed E-state index contributed by atoms with van der Waals surface area (Å²) in [6, 6.07) is 6.48. The van der Waals surface area contributed by atoms with Crippen LogP contribution in [0.2, 0.25) is 0 Å². The first kappa shape index (κ1) is 17.1. The molecule has 4 nitrogen and oxygen atoms in total. The van der Waals surface area contributed by atoms with Crippen LogP contribution in [0.5, 0.6) is 0 Å². The molecule has 20 heavy (non-hydrogen) atoms. The SMILES string of the molecule is CSCC(C)N(C)S(=O)(=O)c1ccccc1C#CCO. The molecule has 0 aliphatic carbocycles. The van der Waals surface area contributed by atoms with Crippen molar-refractivity contribution in [2.24, 2.45) is 0 Å². The van der Waals surface area contributed by atoms with E-state index < -0.39 is 10.0 Å². The van der Waals surface area contributed by atoms with Crippen molar-refractivity contribution in [3.05, 3.63) is 29.8 Å². The summed E-state index contributed by atoms with van der Waals surface area (Å²) in [5.74, 6) is 5.90. The van der Waals surface area contributed by atoms with Crippen LogP contribution in [-0.2, 0) is 10.0 Å². The van der Waals surface area contributed by atoms with Gasteiger partial charge < -0.3 is 5.11 Å². The molecule has 1 aromatic rings. The van der Waals surface area contributed by atoms with E-state index in [9.17, 15) is 8.42 Å². The third-order valence-electron chi connectivity index (χ3n) is 2.87. The minimum absolute atomic E-state index is 0.103. The molecule has 1 aromatic carbocycles. The van der Waals surface area contributed by atoms with Crippen LogP contribution in [0, 0.1) is 11.8 Å². The van der Waals surface area contributed by atoms with Gasteiger partial charge in [-0.1, -0.05) is 24.0 Å². The highest BCUT2D eigenvalue weighted by Gasteiger charge is 2.26. The van der Waals surface area contributed by atoms with Crippen LogP contribution in [0.15, 0.2) is 29.2 Å². The quantitative estimate of drug-likeness (QED) is 0.835. The van der Waals surface area contributed by atoms with Crippen molar-refractivity contribution in [3.63, 3.8) is 0 Å². The highest BCUT2D eigenvalue weighted by Crippen LogP contribution is 2.21. The monoisotopic (exact) mass is 313 g/mol. The molecule has 0 saturated heterocycles. The van der Waals surface area contributed by atoms with E-state index in [0.29, 0.717) is 5.56 Å². The molecule has 0 fully saturated rings. The number of hydrogen-bond donors (Lipinski definition) is 1. The summed E-state index contributed by atoms with van der Waals surface area (Å²) < 4.78 is 26.6. The molecule has 1 atom stereocenters. The standard InChI is InChI=1S/C14H19NO3S2/c1-12(11-19-3)15(2)20(17,18)14-9-5-4-7-13(14)8-6-10-16/h4-5,7,9,12,16H,10-11H2,1-3H3. The molecule has 6 heteroatoms. The predicted molar refractivity (Wildman–Crippen MR) is 83.2 cm³/mol. The number of hydrogen-bond acceptors (Lipinski definition) is 4. The Bertz CT molecular complexity index is 602. The average Bonchev–Trinajstić information content (AvgIpc) is 2.44. The van der Waals surface area contributed by atoms with Gasteiger partial charge in [-0.15, -0.1) is 0 Å². The summed E-state index contributed by atoms with van der Waals surface area (Å²) in [6.07, 6.45) is 1.94. The lowest BCUT2D eigenvalue weighted by molar-refractivity contribution is 0.350. The molecule has 0 aliphatic rings. The fourth-order valence-electron chi connectivity index (χ4n) is 1.67. The number of sulfonamides is 1. The van der Waals surface area contributed by atoms with E-state index in [4.69, 9.17) is 5.11 Å². The zero-order valence-corrected chi connectivity index (χ0v) is 13.5. The van der Waals surface area contributed by atoms with Gasteiger partial charge in [0.15, 0.2) is 0 Å². The number of rotatable bonds is 5. The van der Waals surface area contributed by atoms with Gasteiger partial charge in [0.2, 0.25) is 10.0 Å². The zero-order chi connectivity index (χ0) is 15.2. The normalized spacial score (nSPS) is 12.8.